The van der Waals surface area contributed by atoms with Gasteiger partial charge >= 0.3 is 0 Å². The first-order valence-corrected chi connectivity index (χ1v) is 8.55. The number of nitrogens with zero attached hydrogens (tertiary/aromatic N) is 1. The van der Waals surface area contributed by atoms with Crippen LogP contribution < -0.4 is 0 Å². The fourth-order valence-electron chi connectivity index (χ4n) is 2.23. The van der Waals surface area contributed by atoms with Gasteiger partial charge in [0.25, 0.3) is 0 Å². The zero-order valence-electron chi connectivity index (χ0n) is 12.8. The van der Waals surface area contributed by atoms with Gasteiger partial charge in [-0.3, -0.25) is 0 Å². The van der Waals surface area contributed by atoms with Crippen LogP contribution in [0.25, 0.3) is 0 Å². The maximum Gasteiger partial charge on any atom is 0.0971 e. The van der Waals surface area contributed by atoms with Crippen LogP contribution >= 0.6 is 22.9 Å². The van der Waals surface area contributed by atoms with Gasteiger partial charge in [-0.2, -0.15) is 0 Å². The molecule has 21 heavy (non-hydrogen) atoms. The Morgan fingerprint density at radius 3 is 2.38 bits per heavy atom. The number of alkyl halides is 1. The molecule has 0 saturated carbocycles. The van der Waals surface area contributed by atoms with Crippen LogP contribution in [0.4, 0.5) is 0 Å². The summed E-state index contributed by atoms with van der Waals surface area (Å²) >= 11 is 7.51. The lowest BCUT2D eigenvalue weighted by Gasteiger charge is -2.27. The molecule has 0 saturated heterocycles. The SMILES string of the molecule is CC(C)(C)c1csc(CC(O)(CCCl)c2ccccc2)n1. The minimum atomic E-state index is -0.948. The Morgan fingerprint density at radius 1 is 1.19 bits per heavy atom. The maximum absolute atomic E-state index is 11.0. The zero-order chi connectivity index (χ0) is 15.5. The van der Waals surface area contributed by atoms with Crippen molar-refractivity contribution in [2.75, 3.05) is 5.88 Å². The summed E-state index contributed by atoms with van der Waals surface area (Å²) in [6.45, 7) is 6.44. The Morgan fingerprint density at radius 2 is 1.86 bits per heavy atom. The van der Waals surface area contributed by atoms with Gasteiger partial charge in [0.05, 0.1) is 16.3 Å². The fourth-order valence-corrected chi connectivity index (χ4v) is 3.67. The predicted octanol–water partition coefficient (Wildman–Crippen LogP) is 4.50. The van der Waals surface area contributed by atoms with E-state index in [9.17, 15) is 5.11 Å². The second-order valence-corrected chi connectivity index (χ2v) is 7.71. The van der Waals surface area contributed by atoms with Crippen LogP contribution in [0.1, 0.15) is 43.5 Å². The van der Waals surface area contributed by atoms with Gasteiger partial charge in [-0.25, -0.2) is 4.98 Å². The summed E-state index contributed by atoms with van der Waals surface area (Å²) in [5.41, 5.74) is 1.06. The number of aromatic nitrogens is 1. The van der Waals surface area contributed by atoms with Gasteiger partial charge < -0.3 is 5.11 Å². The largest absolute Gasteiger partial charge is 0.385 e. The summed E-state index contributed by atoms with van der Waals surface area (Å²) in [6, 6.07) is 9.73. The van der Waals surface area contributed by atoms with Crippen LogP contribution in [0.15, 0.2) is 35.7 Å². The van der Waals surface area contributed by atoms with E-state index in [1.807, 2.05) is 30.3 Å². The van der Waals surface area contributed by atoms with Crippen LogP contribution in [0.5, 0.6) is 0 Å². The molecule has 114 valence electrons. The summed E-state index contributed by atoms with van der Waals surface area (Å²) in [7, 11) is 0. The minimum absolute atomic E-state index is 0.0338. The van der Waals surface area contributed by atoms with E-state index in [0.29, 0.717) is 18.7 Å². The van der Waals surface area contributed by atoms with E-state index in [0.717, 1.165) is 16.3 Å². The minimum Gasteiger partial charge on any atom is -0.385 e. The van der Waals surface area contributed by atoms with Crippen molar-refractivity contribution in [2.45, 2.75) is 44.6 Å². The molecule has 0 bridgehead atoms. The zero-order valence-corrected chi connectivity index (χ0v) is 14.3. The monoisotopic (exact) mass is 323 g/mol. The molecule has 0 spiro atoms. The van der Waals surface area contributed by atoms with Crippen molar-refractivity contribution in [1.82, 2.24) is 4.98 Å². The summed E-state index contributed by atoms with van der Waals surface area (Å²) < 4.78 is 0. The van der Waals surface area contributed by atoms with Crippen LogP contribution in [-0.4, -0.2) is 16.0 Å². The Kier molecular flexibility index (Phi) is 5.07. The van der Waals surface area contributed by atoms with Crippen LogP contribution in [0, 0.1) is 0 Å². The quantitative estimate of drug-likeness (QED) is 0.822. The number of aliphatic hydroxyl groups is 1. The molecule has 2 aromatic rings. The molecule has 1 atom stereocenters. The predicted molar refractivity (Wildman–Crippen MR) is 90.2 cm³/mol. The van der Waals surface area contributed by atoms with Gasteiger partial charge in [0.15, 0.2) is 0 Å². The van der Waals surface area contributed by atoms with E-state index < -0.39 is 5.60 Å². The highest BCUT2D eigenvalue weighted by atomic mass is 35.5. The van der Waals surface area contributed by atoms with E-state index in [4.69, 9.17) is 11.6 Å². The smallest absolute Gasteiger partial charge is 0.0971 e. The Balaban J connectivity index is 2.26. The normalized spacial score (nSPS) is 14.9. The third-order valence-electron chi connectivity index (χ3n) is 3.58. The molecular weight excluding hydrogens is 302 g/mol. The molecule has 1 N–H and O–H groups in total. The molecule has 0 aliphatic heterocycles. The molecule has 1 unspecified atom stereocenters. The van der Waals surface area contributed by atoms with Gasteiger partial charge in [-0.15, -0.1) is 22.9 Å². The highest BCUT2D eigenvalue weighted by Crippen LogP contribution is 2.32. The summed E-state index contributed by atoms with van der Waals surface area (Å²) in [6.07, 6.45) is 1.02. The average Bonchev–Trinajstić information content (AvgIpc) is 2.88. The summed E-state index contributed by atoms with van der Waals surface area (Å²) in [5, 5.41) is 14.1. The molecule has 0 aliphatic rings. The highest BCUT2D eigenvalue weighted by molar-refractivity contribution is 7.09. The number of rotatable bonds is 5. The molecule has 0 aliphatic carbocycles. The van der Waals surface area contributed by atoms with E-state index in [2.05, 4.69) is 31.1 Å². The number of hydrogen-bond acceptors (Lipinski definition) is 3. The number of hydrogen-bond donors (Lipinski definition) is 1. The van der Waals surface area contributed by atoms with Gasteiger partial charge in [-0.1, -0.05) is 51.1 Å². The van der Waals surface area contributed by atoms with Crippen LogP contribution in [0.3, 0.4) is 0 Å². The number of thiazole rings is 1. The van der Waals surface area contributed by atoms with Gasteiger partial charge in [0.1, 0.15) is 0 Å². The molecule has 0 radical (unpaired) electrons. The first-order valence-electron chi connectivity index (χ1n) is 7.14. The molecule has 1 aromatic heterocycles. The summed E-state index contributed by atoms with van der Waals surface area (Å²) in [5.74, 6) is 0.420. The van der Waals surface area contributed by atoms with Gasteiger partial charge in [0, 0.05) is 23.1 Å². The second-order valence-electron chi connectivity index (χ2n) is 6.39. The highest BCUT2D eigenvalue weighted by Gasteiger charge is 2.30. The topological polar surface area (TPSA) is 33.1 Å². The second kappa shape index (κ2) is 6.47. The molecule has 4 heteroatoms. The molecule has 1 heterocycles. The lowest BCUT2D eigenvalue weighted by atomic mass is 9.88. The van der Waals surface area contributed by atoms with Crippen molar-refractivity contribution in [3.8, 4) is 0 Å². The van der Waals surface area contributed by atoms with E-state index in [1.165, 1.54) is 0 Å². The standard InChI is InChI=1S/C17H22ClNOS/c1-16(2,3)14-12-21-15(19-14)11-17(20,9-10-18)13-7-5-4-6-8-13/h4-8,12,20H,9-11H2,1-3H3. The number of benzene rings is 1. The lowest BCUT2D eigenvalue weighted by molar-refractivity contribution is 0.0335. The van der Waals surface area contributed by atoms with Gasteiger partial charge in [-0.05, 0) is 12.0 Å². The van der Waals surface area contributed by atoms with Crippen molar-refractivity contribution in [3.05, 3.63) is 52.0 Å². The van der Waals surface area contributed by atoms with E-state index >= 15 is 0 Å². The van der Waals surface area contributed by atoms with Crippen molar-refractivity contribution in [2.24, 2.45) is 0 Å². The first-order chi connectivity index (χ1) is 9.85. The van der Waals surface area contributed by atoms with Crippen molar-refractivity contribution >= 4 is 22.9 Å². The molecule has 1 aromatic carbocycles. The molecule has 2 rings (SSSR count). The lowest BCUT2D eigenvalue weighted by Crippen LogP contribution is -2.29. The van der Waals surface area contributed by atoms with Crippen LogP contribution in [0.2, 0.25) is 0 Å². The number of halogens is 1. The summed E-state index contributed by atoms with van der Waals surface area (Å²) in [4.78, 5) is 4.69. The first kappa shape index (κ1) is 16.5. The Bertz CT molecular complexity index is 576. The molecule has 2 nitrogen and oxygen atoms in total. The van der Waals surface area contributed by atoms with E-state index in [1.54, 1.807) is 11.3 Å². The van der Waals surface area contributed by atoms with Crippen molar-refractivity contribution in [3.63, 3.8) is 0 Å². The Hall–Kier alpha value is -0.900. The fraction of sp³-hybridized carbons (Fsp3) is 0.471. The van der Waals surface area contributed by atoms with Crippen molar-refractivity contribution < 1.29 is 5.11 Å². The van der Waals surface area contributed by atoms with Gasteiger partial charge in [0.2, 0.25) is 0 Å². The average molecular weight is 324 g/mol. The molecular formula is C17H22ClNOS. The van der Waals surface area contributed by atoms with Crippen molar-refractivity contribution in [1.29, 1.82) is 0 Å². The molecule has 0 fully saturated rings. The maximum atomic E-state index is 11.0. The van der Waals surface area contributed by atoms with E-state index in [-0.39, 0.29) is 5.41 Å². The Labute approximate surface area is 135 Å². The third kappa shape index (κ3) is 4.06. The van der Waals surface area contributed by atoms with Crippen LogP contribution in [-0.2, 0) is 17.4 Å². The molecule has 0 amide bonds. The third-order valence-corrected chi connectivity index (χ3v) is 4.62.